The summed E-state index contributed by atoms with van der Waals surface area (Å²) >= 11 is 0. The van der Waals surface area contributed by atoms with E-state index in [-0.39, 0.29) is 6.42 Å². The van der Waals surface area contributed by atoms with Crippen LogP contribution in [0.25, 0.3) is 0 Å². The second kappa shape index (κ2) is 1.93. The summed E-state index contributed by atoms with van der Waals surface area (Å²) in [5, 5.41) is 0. The van der Waals surface area contributed by atoms with Gasteiger partial charge in [-0.2, -0.15) is 0 Å². The minimum atomic E-state index is -1.31. The summed E-state index contributed by atoms with van der Waals surface area (Å²) in [5.74, 6) is 0. The normalized spacial score (nSPS) is 11.7. The average Bonchev–Trinajstić information content (AvgIpc) is 1.35. The first-order chi connectivity index (χ1) is 2.56. The van der Waals surface area contributed by atoms with E-state index in [1.807, 2.05) is 13.3 Å². The molecule has 0 atom stereocenters. The van der Waals surface area contributed by atoms with E-state index in [0.29, 0.717) is 0 Å². The summed E-state index contributed by atoms with van der Waals surface area (Å²) in [6, 6.07) is 0. The summed E-state index contributed by atoms with van der Waals surface area (Å²) in [6.07, 6.45) is -0.229. The molecule has 0 fully saturated rings. The van der Waals surface area contributed by atoms with Crippen LogP contribution in [0.3, 0.4) is 0 Å². The average molecular weight is 106 g/mol. The Morgan fingerprint density at radius 3 is 1.83 bits per heavy atom. The Labute approximate surface area is 39.1 Å². The van der Waals surface area contributed by atoms with Gasteiger partial charge in [-0.15, -0.1) is 0 Å². The Kier molecular flexibility index (Phi) is 2.06. The number of alkyl halides is 1. The fraction of sp³-hybridized carbons (Fsp3) is 1.00. The molecule has 0 aromatic rings. The summed E-state index contributed by atoms with van der Waals surface area (Å²) in [5.41, 5.74) is 0. The molecule has 36 valence electrons. The van der Waals surface area contributed by atoms with E-state index >= 15 is 0 Å². The molecule has 0 saturated carbocycles. The molecule has 0 bridgehead atoms. The molecule has 0 rings (SSSR count). The van der Waals surface area contributed by atoms with Crippen LogP contribution in [0.15, 0.2) is 0 Å². The fourth-order valence-corrected chi connectivity index (χ4v) is 0. The van der Waals surface area contributed by atoms with Crippen molar-refractivity contribution < 1.29 is 4.39 Å². The number of halogens is 1. The van der Waals surface area contributed by atoms with Crippen molar-refractivity contribution in [3.63, 3.8) is 0 Å². The molecule has 0 saturated heterocycles. The molecule has 0 amide bonds. The summed E-state index contributed by atoms with van der Waals surface area (Å²) in [6.45, 7) is 2.42. The van der Waals surface area contributed by atoms with E-state index < -0.39 is 6.75 Å². The van der Waals surface area contributed by atoms with Crippen molar-refractivity contribution in [1.29, 1.82) is 0 Å². The van der Waals surface area contributed by atoms with Gasteiger partial charge in [0, 0.05) is 0 Å². The van der Waals surface area contributed by atoms with Gasteiger partial charge >= 0.3 is 38.1 Å². The summed E-state index contributed by atoms with van der Waals surface area (Å²) in [7, 11) is 3.62. The van der Waals surface area contributed by atoms with Gasteiger partial charge in [0.05, 0.1) is 0 Å². The van der Waals surface area contributed by atoms with Crippen molar-refractivity contribution in [3.8, 4) is 0 Å². The van der Waals surface area contributed by atoms with Crippen LogP contribution >= 0.6 is 6.75 Å². The second-order valence-electron chi connectivity index (χ2n) is 2.06. The standard InChI is InChI=1S/C3H9BFP/c1-6(2,4)3-5/h4H,3H2,1-2H3. The van der Waals surface area contributed by atoms with Crippen molar-refractivity contribution in [2.75, 3.05) is 19.7 Å². The monoisotopic (exact) mass is 106 g/mol. The molecule has 0 unspecified atom stereocenters. The van der Waals surface area contributed by atoms with Crippen molar-refractivity contribution in [2.45, 2.75) is 0 Å². The van der Waals surface area contributed by atoms with Gasteiger partial charge in [-0.05, 0) is 0 Å². The van der Waals surface area contributed by atoms with E-state index in [9.17, 15) is 4.39 Å². The zero-order chi connectivity index (χ0) is 5.21. The molecular formula is C3H9BFP. The SMILES string of the molecule is B=P(C)(C)CF. The maximum atomic E-state index is 11.5. The second-order valence-corrected chi connectivity index (χ2v) is 6.17. The van der Waals surface area contributed by atoms with E-state index in [4.69, 9.17) is 0 Å². The van der Waals surface area contributed by atoms with E-state index in [0.717, 1.165) is 0 Å². The summed E-state index contributed by atoms with van der Waals surface area (Å²) in [4.78, 5) is 0. The molecule has 0 aromatic carbocycles. The molecule has 6 heavy (non-hydrogen) atoms. The van der Waals surface area contributed by atoms with Gasteiger partial charge in [0.1, 0.15) is 0 Å². The predicted octanol–water partition coefficient (Wildman–Crippen LogP) is 1.01. The third-order valence-corrected chi connectivity index (χ3v) is 0.971. The van der Waals surface area contributed by atoms with Crippen LogP contribution in [0.1, 0.15) is 0 Å². The first kappa shape index (κ1) is 6.42. The topological polar surface area (TPSA) is 0 Å². The minimum absolute atomic E-state index is 0.229. The van der Waals surface area contributed by atoms with Crippen LogP contribution in [0.2, 0.25) is 0 Å². The molecule has 3 heteroatoms. The van der Waals surface area contributed by atoms with Crippen LogP contribution in [-0.4, -0.2) is 26.9 Å². The molecule has 0 heterocycles. The van der Waals surface area contributed by atoms with Gasteiger partial charge in [0.2, 0.25) is 0 Å². The molecule has 0 radical (unpaired) electrons. The molecule has 0 N–H and O–H groups in total. The first-order valence-electron chi connectivity index (χ1n) is 1.79. The molecule has 0 spiro atoms. The first-order valence-corrected chi connectivity index (χ1v) is 4.85. The number of hydrogen-bond acceptors (Lipinski definition) is 0. The molecule has 0 aliphatic heterocycles. The quantitative estimate of drug-likeness (QED) is 0.345. The Morgan fingerprint density at radius 1 is 1.67 bits per heavy atom. The molecule has 0 aliphatic rings. The number of rotatable bonds is 1. The van der Waals surface area contributed by atoms with Crippen molar-refractivity contribution >= 4 is 13.9 Å². The van der Waals surface area contributed by atoms with Gasteiger partial charge < -0.3 is 0 Å². The molecule has 0 aliphatic carbocycles. The maximum absolute atomic E-state index is 11.5. The van der Waals surface area contributed by atoms with Crippen LogP contribution in [0.4, 0.5) is 4.39 Å². The van der Waals surface area contributed by atoms with Crippen molar-refractivity contribution in [3.05, 3.63) is 0 Å². The zero-order valence-corrected chi connectivity index (χ0v) is 5.13. The van der Waals surface area contributed by atoms with Gasteiger partial charge in [0.15, 0.2) is 0 Å². The van der Waals surface area contributed by atoms with Gasteiger partial charge in [-0.25, -0.2) is 0 Å². The Balaban J connectivity index is 3.48. The Hall–Kier alpha value is 0.425. The van der Waals surface area contributed by atoms with Gasteiger partial charge in [0.25, 0.3) is 0 Å². The predicted molar refractivity (Wildman–Crippen MR) is 31.9 cm³/mol. The molecular weight excluding hydrogens is 96.8 g/mol. The number of hydrogen-bond donors (Lipinski definition) is 0. The van der Waals surface area contributed by atoms with Gasteiger partial charge in [-0.3, -0.25) is 0 Å². The Morgan fingerprint density at radius 2 is 1.83 bits per heavy atom. The zero-order valence-electron chi connectivity index (χ0n) is 4.24. The fourth-order valence-electron chi connectivity index (χ4n) is 0. The third-order valence-electron chi connectivity index (χ3n) is 0.324. The Bertz CT molecular complexity index is 74.9. The molecule has 0 nitrogen and oxygen atoms in total. The van der Waals surface area contributed by atoms with Crippen LogP contribution in [-0.2, 0) is 0 Å². The van der Waals surface area contributed by atoms with E-state index in [2.05, 4.69) is 7.18 Å². The summed E-state index contributed by atoms with van der Waals surface area (Å²) < 4.78 is 11.5. The van der Waals surface area contributed by atoms with Crippen molar-refractivity contribution in [2.24, 2.45) is 0 Å². The van der Waals surface area contributed by atoms with Crippen LogP contribution in [0.5, 0.6) is 0 Å². The van der Waals surface area contributed by atoms with Crippen molar-refractivity contribution in [1.82, 2.24) is 0 Å². The van der Waals surface area contributed by atoms with Crippen LogP contribution < -0.4 is 0 Å². The third kappa shape index (κ3) is 4.42. The van der Waals surface area contributed by atoms with Gasteiger partial charge in [-0.1, -0.05) is 0 Å². The van der Waals surface area contributed by atoms with E-state index in [1.165, 1.54) is 0 Å². The van der Waals surface area contributed by atoms with E-state index in [1.54, 1.807) is 0 Å². The van der Waals surface area contributed by atoms with Crippen LogP contribution in [0, 0.1) is 0 Å². The molecule has 0 aromatic heterocycles.